The average Bonchev–Trinajstić information content (AvgIpc) is 2.34. The fraction of sp³-hybridized carbons (Fsp3) is 0.0769. The van der Waals surface area contributed by atoms with Crippen LogP contribution >= 0.6 is 23.2 Å². The summed E-state index contributed by atoms with van der Waals surface area (Å²) in [5, 5.41) is 0.318. The van der Waals surface area contributed by atoms with Crippen LogP contribution in [-0.4, -0.2) is 8.42 Å². The van der Waals surface area contributed by atoms with E-state index in [1.807, 2.05) is 6.07 Å². The van der Waals surface area contributed by atoms with Gasteiger partial charge in [0.2, 0.25) is 10.0 Å². The first-order valence-electron chi connectivity index (χ1n) is 5.66. The molecule has 0 amide bonds. The summed E-state index contributed by atoms with van der Waals surface area (Å²) in [7, 11) is -3.61. The zero-order valence-electron chi connectivity index (χ0n) is 10.3. The van der Waals surface area contributed by atoms with Crippen LogP contribution in [0.1, 0.15) is 5.56 Å². The van der Waals surface area contributed by atoms with E-state index in [2.05, 4.69) is 4.72 Å². The molecule has 2 rings (SSSR count). The summed E-state index contributed by atoms with van der Waals surface area (Å²) in [5.41, 5.74) is 6.74. The minimum absolute atomic E-state index is 0.137. The van der Waals surface area contributed by atoms with Crippen molar-refractivity contribution < 1.29 is 8.42 Å². The number of hydrogen-bond acceptors (Lipinski definition) is 3. The summed E-state index contributed by atoms with van der Waals surface area (Å²) in [6.07, 6.45) is 0. The van der Waals surface area contributed by atoms with Crippen molar-refractivity contribution in [1.29, 1.82) is 0 Å². The van der Waals surface area contributed by atoms with Crippen LogP contribution in [0.3, 0.4) is 0 Å². The van der Waals surface area contributed by atoms with Crippen LogP contribution in [0.5, 0.6) is 0 Å². The number of nitrogens with one attached hydrogen (secondary N) is 1. The monoisotopic (exact) mass is 330 g/mol. The number of halogens is 2. The molecule has 7 heteroatoms. The lowest BCUT2D eigenvalue weighted by Gasteiger charge is -2.12. The van der Waals surface area contributed by atoms with Crippen molar-refractivity contribution in [3.8, 4) is 0 Å². The van der Waals surface area contributed by atoms with E-state index in [0.717, 1.165) is 0 Å². The van der Waals surface area contributed by atoms with Gasteiger partial charge in [-0.05, 0) is 17.7 Å². The number of nitrogen functional groups attached to an aromatic ring is 1. The average molecular weight is 331 g/mol. The Morgan fingerprint density at radius 2 is 1.60 bits per heavy atom. The van der Waals surface area contributed by atoms with Crippen LogP contribution in [0.15, 0.2) is 42.5 Å². The van der Waals surface area contributed by atoms with E-state index in [4.69, 9.17) is 28.9 Å². The molecule has 0 spiro atoms. The number of nitrogens with two attached hydrogens (primary N) is 1. The van der Waals surface area contributed by atoms with Gasteiger partial charge in [0.15, 0.2) is 0 Å². The Morgan fingerprint density at radius 3 is 2.15 bits per heavy atom. The molecule has 2 aromatic carbocycles. The van der Waals surface area contributed by atoms with Crippen molar-refractivity contribution >= 4 is 44.6 Å². The predicted octanol–water partition coefficient (Wildman–Crippen LogP) is 3.52. The van der Waals surface area contributed by atoms with Gasteiger partial charge in [0.25, 0.3) is 0 Å². The van der Waals surface area contributed by atoms with Crippen molar-refractivity contribution in [3.05, 3.63) is 58.1 Å². The summed E-state index contributed by atoms with van der Waals surface area (Å²) in [6.45, 7) is 0. The van der Waals surface area contributed by atoms with Crippen molar-refractivity contribution in [2.75, 3.05) is 10.5 Å². The van der Waals surface area contributed by atoms with Crippen molar-refractivity contribution in [2.45, 2.75) is 5.75 Å². The Morgan fingerprint density at radius 1 is 1.05 bits per heavy atom. The Hall–Kier alpha value is -1.43. The molecule has 20 heavy (non-hydrogen) atoms. The topological polar surface area (TPSA) is 72.2 Å². The van der Waals surface area contributed by atoms with Crippen molar-refractivity contribution in [1.82, 2.24) is 0 Å². The van der Waals surface area contributed by atoms with E-state index >= 15 is 0 Å². The summed E-state index contributed by atoms with van der Waals surface area (Å²) >= 11 is 11.9. The third-order valence-electron chi connectivity index (χ3n) is 2.52. The van der Waals surface area contributed by atoms with Crippen LogP contribution in [0.2, 0.25) is 10.0 Å². The van der Waals surface area contributed by atoms with Gasteiger partial charge in [-0.2, -0.15) is 0 Å². The lowest BCUT2D eigenvalue weighted by molar-refractivity contribution is 0.600. The highest BCUT2D eigenvalue weighted by atomic mass is 35.5. The fourth-order valence-corrected chi connectivity index (χ4v) is 3.62. The summed E-state index contributed by atoms with van der Waals surface area (Å²) in [6, 6.07) is 11.7. The van der Waals surface area contributed by atoms with Crippen molar-refractivity contribution in [3.63, 3.8) is 0 Å². The molecule has 0 radical (unpaired) electrons. The lowest BCUT2D eigenvalue weighted by atomic mass is 10.2. The zero-order chi connectivity index (χ0) is 14.8. The molecule has 0 bridgehead atoms. The van der Waals surface area contributed by atoms with E-state index in [0.29, 0.717) is 11.3 Å². The number of anilines is 2. The number of benzene rings is 2. The maximum absolute atomic E-state index is 12.1. The maximum Gasteiger partial charge on any atom is 0.237 e. The molecule has 0 saturated heterocycles. The minimum Gasteiger partial charge on any atom is -0.399 e. The smallest absolute Gasteiger partial charge is 0.237 e. The largest absolute Gasteiger partial charge is 0.399 e. The second-order valence-corrected chi connectivity index (χ2v) is 6.74. The number of hydrogen-bond donors (Lipinski definition) is 2. The normalized spacial score (nSPS) is 11.3. The van der Waals surface area contributed by atoms with E-state index in [1.165, 1.54) is 12.1 Å². The van der Waals surface area contributed by atoms with Gasteiger partial charge in [-0.15, -0.1) is 0 Å². The van der Waals surface area contributed by atoms with Gasteiger partial charge in [-0.3, -0.25) is 4.72 Å². The second kappa shape index (κ2) is 5.91. The van der Waals surface area contributed by atoms with Crippen LogP contribution in [0.4, 0.5) is 11.4 Å². The van der Waals surface area contributed by atoms with E-state index in [-0.39, 0.29) is 21.5 Å². The molecule has 2 aromatic rings. The third kappa shape index (κ3) is 3.79. The fourth-order valence-electron chi connectivity index (χ4n) is 1.68. The highest BCUT2D eigenvalue weighted by Gasteiger charge is 2.16. The molecule has 0 aliphatic rings. The molecular weight excluding hydrogens is 319 g/mol. The van der Waals surface area contributed by atoms with Gasteiger partial charge in [-0.1, -0.05) is 53.5 Å². The van der Waals surface area contributed by atoms with Gasteiger partial charge in [0.1, 0.15) is 0 Å². The molecule has 0 unspecified atom stereocenters. The summed E-state index contributed by atoms with van der Waals surface area (Å²) in [5.74, 6) is -0.162. The van der Waals surface area contributed by atoms with Gasteiger partial charge in [-0.25, -0.2) is 8.42 Å². The highest BCUT2D eigenvalue weighted by Crippen LogP contribution is 2.33. The standard InChI is InChI=1S/C13H12Cl2N2O2S/c14-11-6-10(16)7-12(15)13(11)17-20(18,19)8-9-4-2-1-3-5-9/h1-7,17H,8,16H2. The first kappa shape index (κ1) is 15.0. The first-order valence-corrected chi connectivity index (χ1v) is 8.07. The molecule has 4 nitrogen and oxygen atoms in total. The second-order valence-electron chi connectivity index (χ2n) is 4.21. The summed E-state index contributed by atoms with van der Waals surface area (Å²) in [4.78, 5) is 0. The molecule has 0 aromatic heterocycles. The molecule has 0 aliphatic heterocycles. The Balaban J connectivity index is 2.25. The molecule has 0 heterocycles. The van der Waals surface area contributed by atoms with Crippen LogP contribution in [0.25, 0.3) is 0 Å². The molecular formula is C13H12Cl2N2O2S. The maximum atomic E-state index is 12.1. The molecule has 0 fully saturated rings. The molecule has 106 valence electrons. The number of rotatable bonds is 4. The van der Waals surface area contributed by atoms with Crippen molar-refractivity contribution in [2.24, 2.45) is 0 Å². The Kier molecular flexibility index (Phi) is 4.42. The predicted molar refractivity (Wildman–Crippen MR) is 83.6 cm³/mol. The molecule has 3 N–H and O–H groups in total. The van der Waals surface area contributed by atoms with Crippen LogP contribution < -0.4 is 10.5 Å². The summed E-state index contributed by atoms with van der Waals surface area (Å²) < 4.78 is 26.6. The molecule has 0 saturated carbocycles. The molecule has 0 atom stereocenters. The van der Waals surface area contributed by atoms with Gasteiger partial charge in [0, 0.05) is 5.69 Å². The molecule has 0 aliphatic carbocycles. The van der Waals surface area contributed by atoms with Gasteiger partial charge >= 0.3 is 0 Å². The third-order valence-corrected chi connectivity index (χ3v) is 4.35. The Labute approximate surface area is 127 Å². The zero-order valence-corrected chi connectivity index (χ0v) is 12.6. The Bertz CT molecular complexity index is 695. The first-order chi connectivity index (χ1) is 9.37. The van der Waals surface area contributed by atoms with Crippen LogP contribution in [-0.2, 0) is 15.8 Å². The van der Waals surface area contributed by atoms with E-state index in [1.54, 1.807) is 24.3 Å². The van der Waals surface area contributed by atoms with E-state index < -0.39 is 10.0 Å². The van der Waals surface area contributed by atoms with Gasteiger partial charge in [0.05, 0.1) is 21.5 Å². The highest BCUT2D eigenvalue weighted by molar-refractivity contribution is 7.91. The van der Waals surface area contributed by atoms with E-state index in [9.17, 15) is 8.42 Å². The quantitative estimate of drug-likeness (QED) is 0.842. The SMILES string of the molecule is Nc1cc(Cl)c(NS(=O)(=O)Cc2ccccc2)c(Cl)c1. The number of sulfonamides is 1. The van der Waals surface area contributed by atoms with Gasteiger partial charge < -0.3 is 5.73 Å². The minimum atomic E-state index is -3.61. The van der Waals surface area contributed by atoms with Crippen LogP contribution in [0, 0.1) is 0 Å². The lowest BCUT2D eigenvalue weighted by Crippen LogP contribution is -2.15.